The van der Waals surface area contributed by atoms with Crippen LogP contribution in [-0.2, 0) is 15.8 Å². The Kier molecular flexibility index (Phi) is 8.29. The average Bonchev–Trinajstić information content (AvgIpc) is 3.43. The Hall–Kier alpha value is -3.05. The second kappa shape index (κ2) is 11.1. The number of amides is 3. The first-order valence-electron chi connectivity index (χ1n) is 11.3. The molecule has 0 heterocycles. The maximum Gasteiger partial charge on any atom is 0.417 e. The van der Waals surface area contributed by atoms with Gasteiger partial charge in [0.05, 0.1) is 27.1 Å². The number of benzene rings is 3. The lowest BCUT2D eigenvalue weighted by molar-refractivity contribution is -0.137. The number of alkyl halides is 5. The quantitative estimate of drug-likeness (QED) is 0.190. The molecule has 1 aliphatic rings. The summed E-state index contributed by atoms with van der Waals surface area (Å²) in [6.07, 6.45) is -4.97. The van der Waals surface area contributed by atoms with E-state index < -0.39 is 56.1 Å². The smallest absolute Gasteiger partial charge is 0.326 e. The molecule has 1 aliphatic carbocycles. The van der Waals surface area contributed by atoms with Crippen molar-refractivity contribution in [1.82, 2.24) is 0 Å². The van der Waals surface area contributed by atoms with Crippen molar-refractivity contribution in [2.24, 2.45) is 5.92 Å². The number of nitrogens with one attached hydrogen (secondary N) is 3. The van der Waals surface area contributed by atoms with Gasteiger partial charge in [-0.2, -0.15) is 13.2 Å². The van der Waals surface area contributed by atoms with Crippen LogP contribution in [0.1, 0.15) is 34.3 Å². The molecule has 3 amide bonds. The van der Waals surface area contributed by atoms with Crippen LogP contribution >= 0.6 is 46.4 Å². The number of rotatable bonds is 6. The molecule has 3 N–H and O–H groups in total. The van der Waals surface area contributed by atoms with E-state index in [1.54, 1.807) is 0 Å². The fourth-order valence-electron chi connectivity index (χ4n) is 4.10. The molecule has 1 fully saturated rings. The number of hydrogen-bond acceptors (Lipinski definition) is 3. The monoisotopic (exact) mass is 635 g/mol. The van der Waals surface area contributed by atoms with Crippen LogP contribution < -0.4 is 16.0 Å². The van der Waals surface area contributed by atoms with Crippen LogP contribution in [0.25, 0.3) is 0 Å². The van der Waals surface area contributed by atoms with E-state index in [-0.39, 0.29) is 22.3 Å². The maximum absolute atomic E-state index is 13.8. The maximum atomic E-state index is 13.8. The standard InChI is InChI=1S/C26H17Cl4F4N3O3/c1-11(38)35-13-3-5-14(6-4-13)36-23(39)16-9-15(10-17(22(16)28)26(32,33)34)37-24(40)21-20(25(21,29)30)12-2-7-19(31)18(27)8-12/h2-10,20-21H,1H3,(H,35,38)(H,36,39)(H,37,40). The molecule has 0 radical (unpaired) electrons. The Morgan fingerprint density at radius 1 is 0.850 bits per heavy atom. The summed E-state index contributed by atoms with van der Waals surface area (Å²) >= 11 is 24.3. The molecule has 40 heavy (non-hydrogen) atoms. The van der Waals surface area contributed by atoms with E-state index in [2.05, 4.69) is 16.0 Å². The minimum atomic E-state index is -4.97. The van der Waals surface area contributed by atoms with Gasteiger partial charge in [-0.15, -0.1) is 23.2 Å². The zero-order valence-electron chi connectivity index (χ0n) is 20.1. The number of carbonyl (C=O) groups excluding carboxylic acids is 3. The summed E-state index contributed by atoms with van der Waals surface area (Å²) in [7, 11) is 0. The van der Waals surface area contributed by atoms with Gasteiger partial charge in [-0.05, 0) is 54.1 Å². The second-order valence-electron chi connectivity index (χ2n) is 8.89. The first-order valence-corrected chi connectivity index (χ1v) is 12.8. The third-order valence-corrected chi connectivity index (χ3v) is 7.63. The van der Waals surface area contributed by atoms with Crippen molar-refractivity contribution in [2.75, 3.05) is 16.0 Å². The summed E-state index contributed by atoms with van der Waals surface area (Å²) in [5, 5.41) is 6.17. The summed E-state index contributed by atoms with van der Waals surface area (Å²) in [5.41, 5.74) is -1.33. The molecular formula is C26H17Cl4F4N3O3. The molecule has 210 valence electrons. The lowest BCUT2D eigenvalue weighted by Crippen LogP contribution is -2.20. The normalized spacial score (nSPS) is 17.6. The predicted molar refractivity (Wildman–Crippen MR) is 146 cm³/mol. The van der Waals surface area contributed by atoms with Gasteiger partial charge in [0.25, 0.3) is 5.91 Å². The SMILES string of the molecule is CC(=O)Nc1ccc(NC(=O)c2cc(NC(=O)C3C(c4ccc(F)c(Cl)c4)C3(Cl)Cl)cc(C(F)(F)F)c2Cl)cc1. The zero-order chi connectivity index (χ0) is 29.6. The van der Waals surface area contributed by atoms with Crippen molar-refractivity contribution in [3.63, 3.8) is 0 Å². The summed E-state index contributed by atoms with van der Waals surface area (Å²) < 4.78 is 53.3. The van der Waals surface area contributed by atoms with Crippen LogP contribution in [-0.4, -0.2) is 22.1 Å². The molecule has 4 rings (SSSR count). The van der Waals surface area contributed by atoms with Crippen molar-refractivity contribution in [3.05, 3.63) is 87.2 Å². The van der Waals surface area contributed by atoms with Gasteiger partial charge >= 0.3 is 6.18 Å². The number of anilines is 3. The first-order chi connectivity index (χ1) is 18.6. The third-order valence-electron chi connectivity index (χ3n) is 5.99. The van der Waals surface area contributed by atoms with Crippen LogP contribution in [0.4, 0.5) is 34.6 Å². The van der Waals surface area contributed by atoms with Crippen LogP contribution in [0.15, 0.2) is 54.6 Å². The highest BCUT2D eigenvalue weighted by molar-refractivity contribution is 6.53. The summed E-state index contributed by atoms with van der Waals surface area (Å²) in [6.45, 7) is 1.31. The minimum absolute atomic E-state index is 0.200. The van der Waals surface area contributed by atoms with Gasteiger partial charge in [-0.25, -0.2) is 4.39 Å². The molecule has 3 aromatic rings. The van der Waals surface area contributed by atoms with E-state index in [0.29, 0.717) is 17.3 Å². The molecular weight excluding hydrogens is 620 g/mol. The molecule has 0 spiro atoms. The first kappa shape index (κ1) is 29.9. The van der Waals surface area contributed by atoms with E-state index in [4.69, 9.17) is 46.4 Å². The Balaban J connectivity index is 1.60. The molecule has 0 aliphatic heterocycles. The summed E-state index contributed by atoms with van der Waals surface area (Å²) in [4.78, 5) is 37.1. The molecule has 2 unspecified atom stereocenters. The molecule has 2 atom stereocenters. The molecule has 0 bridgehead atoms. The fourth-order valence-corrected chi connectivity index (χ4v) is 5.42. The van der Waals surface area contributed by atoms with Crippen molar-refractivity contribution < 1.29 is 31.9 Å². The molecule has 14 heteroatoms. The van der Waals surface area contributed by atoms with Crippen molar-refractivity contribution in [1.29, 1.82) is 0 Å². The Morgan fingerprint density at radius 2 is 1.45 bits per heavy atom. The average molecular weight is 637 g/mol. The van der Waals surface area contributed by atoms with E-state index in [1.807, 2.05) is 0 Å². The molecule has 3 aromatic carbocycles. The number of halogens is 8. The highest BCUT2D eigenvalue weighted by atomic mass is 35.5. The lowest BCUT2D eigenvalue weighted by Gasteiger charge is -2.16. The second-order valence-corrected chi connectivity index (χ2v) is 11.1. The number of hydrogen-bond donors (Lipinski definition) is 3. The largest absolute Gasteiger partial charge is 0.417 e. The zero-order valence-corrected chi connectivity index (χ0v) is 23.1. The third kappa shape index (κ3) is 6.30. The molecule has 0 aromatic heterocycles. The van der Waals surface area contributed by atoms with E-state index in [9.17, 15) is 31.9 Å². The molecule has 6 nitrogen and oxygen atoms in total. The summed E-state index contributed by atoms with van der Waals surface area (Å²) in [6, 6.07) is 11.0. The van der Waals surface area contributed by atoms with Gasteiger partial charge < -0.3 is 16.0 Å². The fraction of sp³-hybridized carbons (Fsp3) is 0.192. The van der Waals surface area contributed by atoms with Crippen molar-refractivity contribution in [2.45, 2.75) is 23.4 Å². The number of carbonyl (C=O) groups is 3. The van der Waals surface area contributed by atoms with Crippen LogP contribution in [0, 0.1) is 11.7 Å². The summed E-state index contributed by atoms with van der Waals surface area (Å²) in [5.74, 6) is -4.80. The van der Waals surface area contributed by atoms with E-state index in [1.165, 1.54) is 43.3 Å². The van der Waals surface area contributed by atoms with Crippen LogP contribution in [0.2, 0.25) is 10.0 Å². The van der Waals surface area contributed by atoms with Crippen LogP contribution in [0.3, 0.4) is 0 Å². The van der Waals surface area contributed by atoms with Crippen molar-refractivity contribution >= 4 is 81.2 Å². The topological polar surface area (TPSA) is 87.3 Å². The van der Waals surface area contributed by atoms with Gasteiger partial charge in [0.2, 0.25) is 11.8 Å². The minimum Gasteiger partial charge on any atom is -0.326 e. The Labute approximate surface area is 244 Å². The predicted octanol–water partition coefficient (Wildman–Crippen LogP) is 7.89. The Morgan fingerprint density at radius 3 is 2.00 bits per heavy atom. The van der Waals surface area contributed by atoms with Crippen molar-refractivity contribution in [3.8, 4) is 0 Å². The highest BCUT2D eigenvalue weighted by Gasteiger charge is 2.67. The lowest BCUT2D eigenvalue weighted by atomic mass is 10.1. The van der Waals surface area contributed by atoms with Crippen LogP contribution in [0.5, 0.6) is 0 Å². The molecule has 0 saturated heterocycles. The van der Waals surface area contributed by atoms with E-state index in [0.717, 1.165) is 12.1 Å². The van der Waals surface area contributed by atoms with Gasteiger partial charge in [0, 0.05) is 29.9 Å². The molecule has 1 saturated carbocycles. The van der Waals surface area contributed by atoms with Gasteiger partial charge in [-0.3, -0.25) is 14.4 Å². The Bertz CT molecular complexity index is 1510. The van der Waals surface area contributed by atoms with Gasteiger partial charge in [0.15, 0.2) is 0 Å². The van der Waals surface area contributed by atoms with Gasteiger partial charge in [-0.1, -0.05) is 29.3 Å². The highest BCUT2D eigenvalue weighted by Crippen LogP contribution is 2.65. The van der Waals surface area contributed by atoms with Gasteiger partial charge in [0.1, 0.15) is 10.2 Å². The van der Waals surface area contributed by atoms with E-state index >= 15 is 0 Å².